The number of nitriles is 1. The molecule has 34 heavy (non-hydrogen) atoms. The van der Waals surface area contributed by atoms with Crippen LogP contribution in [0.25, 0.3) is 22.1 Å². The van der Waals surface area contributed by atoms with Crippen molar-refractivity contribution >= 4 is 28.0 Å². The highest BCUT2D eigenvalue weighted by molar-refractivity contribution is 6.01. The molecular weight excluding hydrogens is 428 g/mol. The lowest BCUT2D eigenvalue weighted by atomic mass is 9.84. The van der Waals surface area contributed by atoms with E-state index in [1.54, 1.807) is 6.20 Å². The molecule has 4 aromatic rings. The quantitative estimate of drug-likeness (QED) is 0.389. The topological polar surface area (TPSA) is 120 Å². The van der Waals surface area contributed by atoms with Crippen molar-refractivity contribution in [2.24, 2.45) is 5.92 Å². The van der Waals surface area contributed by atoms with Crippen molar-refractivity contribution in [3.05, 3.63) is 59.7 Å². The Labute approximate surface area is 197 Å². The van der Waals surface area contributed by atoms with E-state index in [-0.39, 0.29) is 25.0 Å². The molecule has 1 aliphatic carbocycles. The predicted molar refractivity (Wildman–Crippen MR) is 129 cm³/mol. The second-order valence-electron chi connectivity index (χ2n) is 9.09. The van der Waals surface area contributed by atoms with E-state index in [9.17, 15) is 9.90 Å². The number of nitrogens with one attached hydrogen (secondary N) is 2. The van der Waals surface area contributed by atoms with E-state index in [2.05, 4.69) is 25.9 Å². The average molecular weight is 457 g/mol. The van der Waals surface area contributed by atoms with Crippen molar-refractivity contribution in [3.8, 4) is 6.07 Å². The first-order valence-corrected chi connectivity index (χ1v) is 11.8. The van der Waals surface area contributed by atoms with Crippen LogP contribution in [0.1, 0.15) is 55.1 Å². The first kappa shape index (κ1) is 22.1. The van der Waals surface area contributed by atoms with Crippen LogP contribution in [0.15, 0.2) is 42.7 Å². The number of benzene rings is 1. The summed E-state index contributed by atoms with van der Waals surface area (Å²) in [5.74, 6) is 1.12. The molecule has 0 radical (unpaired) electrons. The highest BCUT2D eigenvalue weighted by Gasteiger charge is 2.27. The van der Waals surface area contributed by atoms with E-state index in [0.717, 1.165) is 64.7 Å². The summed E-state index contributed by atoms with van der Waals surface area (Å²) >= 11 is 0. The number of imidazole rings is 1. The number of carbonyl (C=O) groups is 1. The lowest BCUT2D eigenvalue weighted by Gasteiger charge is -2.30. The maximum atomic E-state index is 12.9. The van der Waals surface area contributed by atoms with Gasteiger partial charge in [-0.2, -0.15) is 5.26 Å². The number of aliphatic hydroxyl groups excluding tert-OH is 1. The molecule has 8 nitrogen and oxygen atoms in total. The van der Waals surface area contributed by atoms with Gasteiger partial charge in [-0.3, -0.25) is 4.79 Å². The van der Waals surface area contributed by atoms with E-state index < -0.39 is 0 Å². The highest BCUT2D eigenvalue weighted by Crippen LogP contribution is 2.38. The van der Waals surface area contributed by atoms with Gasteiger partial charge in [-0.25, -0.2) is 9.97 Å². The molecule has 1 aliphatic rings. The maximum Gasteiger partial charge on any atom is 0.227 e. The fourth-order valence-electron chi connectivity index (χ4n) is 5.06. The molecule has 174 valence electrons. The molecule has 0 bridgehead atoms. The van der Waals surface area contributed by atoms with Gasteiger partial charge in [0.05, 0.1) is 30.8 Å². The van der Waals surface area contributed by atoms with Gasteiger partial charge in [0.25, 0.3) is 0 Å². The molecule has 3 heterocycles. The smallest absolute Gasteiger partial charge is 0.227 e. The number of hydrogen-bond acceptors (Lipinski definition) is 5. The SMILES string of the molecule is N#CC[C@H]1CC[C@H](n2c(CC(=O)NCc3ccc(CO)cc3)nc3cnc4[nH]ccc4c32)CC1. The molecule has 0 spiro atoms. The summed E-state index contributed by atoms with van der Waals surface area (Å²) in [5.41, 5.74) is 4.46. The summed E-state index contributed by atoms with van der Waals surface area (Å²) < 4.78 is 2.26. The van der Waals surface area contributed by atoms with Gasteiger partial charge < -0.3 is 20.0 Å². The van der Waals surface area contributed by atoms with Crippen LogP contribution in [0.4, 0.5) is 0 Å². The van der Waals surface area contributed by atoms with Crippen LogP contribution < -0.4 is 5.32 Å². The van der Waals surface area contributed by atoms with E-state index >= 15 is 0 Å². The summed E-state index contributed by atoms with van der Waals surface area (Å²) in [7, 11) is 0. The van der Waals surface area contributed by atoms with Gasteiger partial charge >= 0.3 is 0 Å². The first-order chi connectivity index (χ1) is 16.7. The van der Waals surface area contributed by atoms with Crippen LogP contribution in [0, 0.1) is 17.2 Å². The van der Waals surface area contributed by atoms with Crippen molar-refractivity contribution in [1.29, 1.82) is 5.26 Å². The van der Waals surface area contributed by atoms with Crippen molar-refractivity contribution < 1.29 is 9.90 Å². The fraction of sp³-hybridized carbons (Fsp3) is 0.385. The van der Waals surface area contributed by atoms with Gasteiger partial charge in [0, 0.05) is 30.6 Å². The monoisotopic (exact) mass is 456 g/mol. The summed E-state index contributed by atoms with van der Waals surface area (Å²) in [6.45, 7) is 0.429. The number of pyridine rings is 1. The molecule has 3 aromatic heterocycles. The Morgan fingerprint density at radius 2 is 1.94 bits per heavy atom. The number of aromatic amines is 1. The van der Waals surface area contributed by atoms with E-state index in [1.165, 1.54) is 0 Å². The van der Waals surface area contributed by atoms with Gasteiger partial charge in [-0.05, 0) is 48.8 Å². The van der Waals surface area contributed by atoms with Gasteiger partial charge in [-0.15, -0.1) is 0 Å². The Morgan fingerprint density at radius 1 is 1.18 bits per heavy atom. The number of nitrogens with zero attached hydrogens (tertiary/aromatic N) is 4. The Kier molecular flexibility index (Phi) is 6.28. The second kappa shape index (κ2) is 9.65. The molecule has 0 aliphatic heterocycles. The minimum atomic E-state index is -0.0840. The average Bonchev–Trinajstić information content (AvgIpc) is 3.48. The molecule has 3 N–H and O–H groups in total. The standard InChI is InChI=1S/C26H28N6O2/c27-11-9-17-5-7-20(8-6-17)32-23(31-22-15-30-26-21(25(22)32)10-12-28-26)13-24(34)29-14-18-1-3-19(16-33)4-2-18/h1-4,10,12,15,17,20,33H,5-9,13-14,16H2,(H,28,30)(H,29,34)/t17-,20-. The Balaban J connectivity index is 1.40. The largest absolute Gasteiger partial charge is 0.392 e. The molecule has 5 rings (SSSR count). The number of H-pyrrole nitrogens is 1. The third kappa shape index (κ3) is 4.39. The fourth-order valence-corrected chi connectivity index (χ4v) is 5.06. The Bertz CT molecular complexity index is 1340. The molecule has 8 heteroatoms. The molecule has 1 fully saturated rings. The maximum absolute atomic E-state index is 12.9. The first-order valence-electron chi connectivity index (χ1n) is 11.8. The number of carbonyl (C=O) groups excluding carboxylic acids is 1. The highest BCUT2D eigenvalue weighted by atomic mass is 16.3. The predicted octanol–water partition coefficient (Wildman–Crippen LogP) is 3.91. The summed E-state index contributed by atoms with van der Waals surface area (Å²) in [6.07, 6.45) is 8.41. The third-order valence-electron chi connectivity index (χ3n) is 6.88. The van der Waals surface area contributed by atoms with E-state index in [1.807, 2.05) is 36.5 Å². The van der Waals surface area contributed by atoms with E-state index in [4.69, 9.17) is 10.2 Å². The number of fused-ring (bicyclic) bond motifs is 3. The van der Waals surface area contributed by atoms with Crippen LogP contribution in [-0.4, -0.2) is 30.5 Å². The van der Waals surface area contributed by atoms with Gasteiger partial charge in [-0.1, -0.05) is 24.3 Å². The van der Waals surface area contributed by atoms with Crippen molar-refractivity contribution in [2.75, 3.05) is 0 Å². The summed E-state index contributed by atoms with van der Waals surface area (Å²) in [4.78, 5) is 25.4. The summed E-state index contributed by atoms with van der Waals surface area (Å²) in [5, 5.41) is 22.3. The van der Waals surface area contributed by atoms with Gasteiger partial charge in [0.1, 0.15) is 17.0 Å². The normalized spacial score (nSPS) is 18.2. The molecule has 1 amide bonds. The Hall–Kier alpha value is -3.70. The zero-order valence-corrected chi connectivity index (χ0v) is 19.0. The number of hydrogen-bond donors (Lipinski definition) is 3. The van der Waals surface area contributed by atoms with Gasteiger partial charge in [0.15, 0.2) is 0 Å². The molecule has 1 saturated carbocycles. The van der Waals surface area contributed by atoms with Crippen molar-refractivity contribution in [3.63, 3.8) is 0 Å². The Morgan fingerprint density at radius 3 is 2.68 bits per heavy atom. The van der Waals surface area contributed by atoms with Crippen LogP contribution in [0.2, 0.25) is 0 Å². The minimum absolute atomic E-state index is 0.00451. The summed E-state index contributed by atoms with van der Waals surface area (Å²) in [6, 6.07) is 12.1. The number of aromatic nitrogens is 4. The molecule has 0 saturated heterocycles. The molecule has 1 aromatic carbocycles. The molecular formula is C26H28N6O2. The van der Waals surface area contributed by atoms with Crippen LogP contribution in [-0.2, 0) is 24.4 Å². The minimum Gasteiger partial charge on any atom is -0.392 e. The lowest BCUT2D eigenvalue weighted by Crippen LogP contribution is -2.27. The third-order valence-corrected chi connectivity index (χ3v) is 6.88. The van der Waals surface area contributed by atoms with Crippen LogP contribution in [0.3, 0.4) is 0 Å². The van der Waals surface area contributed by atoms with Crippen molar-refractivity contribution in [2.45, 2.75) is 57.7 Å². The molecule has 0 atom stereocenters. The zero-order chi connectivity index (χ0) is 23.5. The van der Waals surface area contributed by atoms with Crippen LogP contribution >= 0.6 is 0 Å². The van der Waals surface area contributed by atoms with Gasteiger partial charge in [0.2, 0.25) is 5.91 Å². The number of amides is 1. The lowest BCUT2D eigenvalue weighted by molar-refractivity contribution is -0.120. The second-order valence-corrected chi connectivity index (χ2v) is 9.09. The number of rotatable bonds is 7. The van der Waals surface area contributed by atoms with Crippen molar-refractivity contribution in [1.82, 2.24) is 24.8 Å². The molecule has 0 unspecified atom stereocenters. The van der Waals surface area contributed by atoms with E-state index in [0.29, 0.717) is 18.9 Å². The zero-order valence-electron chi connectivity index (χ0n) is 19.0. The number of aliphatic hydroxyl groups is 1. The van der Waals surface area contributed by atoms with Crippen LogP contribution in [0.5, 0.6) is 0 Å².